The minimum Gasteiger partial charge on any atom is -0.0610 e. The predicted molar refractivity (Wildman–Crippen MR) is 146 cm³/mol. The fourth-order valence-electron chi connectivity index (χ4n) is 3.98. The highest BCUT2D eigenvalue weighted by molar-refractivity contribution is 14.1. The van der Waals surface area contributed by atoms with Gasteiger partial charge in [-0.15, -0.1) is 0 Å². The van der Waals surface area contributed by atoms with Gasteiger partial charge in [0.05, 0.1) is 0 Å². The molecule has 0 aromatic heterocycles. The lowest BCUT2D eigenvalue weighted by Crippen LogP contribution is -1.98. The van der Waals surface area contributed by atoms with E-state index >= 15 is 0 Å². The Morgan fingerprint density at radius 2 is 0.774 bits per heavy atom. The molecule has 0 N–H and O–H groups in total. The fraction of sp³-hybridized carbons (Fsp3) is 0.400. The summed E-state index contributed by atoms with van der Waals surface area (Å²) in [5.41, 5.74) is 11.0. The molecule has 0 saturated heterocycles. The van der Waals surface area contributed by atoms with Gasteiger partial charge >= 0.3 is 0 Å². The first-order chi connectivity index (χ1) is 14.6. The van der Waals surface area contributed by atoms with E-state index in [1.54, 1.807) is 0 Å². The van der Waals surface area contributed by atoms with Gasteiger partial charge in [-0.3, -0.25) is 0 Å². The quantitative estimate of drug-likeness (QED) is 0.282. The topological polar surface area (TPSA) is 0 Å². The number of hydrogen-bond donors (Lipinski definition) is 0. The highest BCUT2D eigenvalue weighted by Crippen LogP contribution is 2.38. The average Bonchev–Trinajstić information content (AvgIpc) is 2.73. The van der Waals surface area contributed by atoms with Crippen LogP contribution in [0.25, 0.3) is 22.3 Å². The predicted octanol–water partition coefficient (Wildman–Crippen LogP) is 10.1. The maximum absolute atomic E-state index is 2.56. The van der Waals surface area contributed by atoms with Gasteiger partial charge in [-0.05, 0) is 90.8 Å². The molecule has 0 aliphatic carbocycles. The average molecular weight is 525 g/mol. The molecule has 0 amide bonds. The van der Waals surface area contributed by atoms with Crippen LogP contribution in [0, 0.1) is 3.57 Å². The summed E-state index contributed by atoms with van der Waals surface area (Å²) in [6.45, 7) is 18.3. The Labute approximate surface area is 203 Å². The second-order valence-electron chi connectivity index (χ2n) is 10.1. The molecule has 0 radical (unpaired) electrons. The zero-order valence-electron chi connectivity index (χ0n) is 20.4. The van der Waals surface area contributed by atoms with Crippen LogP contribution in [0.3, 0.4) is 0 Å². The second kappa shape index (κ2) is 9.90. The van der Waals surface area contributed by atoms with Gasteiger partial charge in [0.1, 0.15) is 0 Å². The van der Waals surface area contributed by atoms with E-state index in [1.807, 2.05) is 0 Å². The smallest absolute Gasteiger partial charge is 0.0287 e. The minimum absolute atomic E-state index is 0.523. The third-order valence-corrected chi connectivity index (χ3v) is 7.40. The summed E-state index contributed by atoms with van der Waals surface area (Å²) >= 11 is 2.56. The van der Waals surface area contributed by atoms with Crippen LogP contribution in [0.2, 0.25) is 0 Å². The second-order valence-corrected chi connectivity index (χ2v) is 11.1. The van der Waals surface area contributed by atoms with Crippen molar-refractivity contribution < 1.29 is 0 Å². The molecule has 0 nitrogen and oxygen atoms in total. The maximum atomic E-state index is 2.56. The van der Waals surface area contributed by atoms with Gasteiger partial charge in [-0.2, -0.15) is 0 Å². The van der Waals surface area contributed by atoms with Crippen LogP contribution in [0.1, 0.15) is 101 Å². The molecule has 0 aliphatic rings. The van der Waals surface area contributed by atoms with E-state index < -0.39 is 0 Å². The fourth-order valence-corrected chi connectivity index (χ4v) is 4.96. The van der Waals surface area contributed by atoms with Crippen LogP contribution in [0.4, 0.5) is 0 Å². The first kappa shape index (κ1) is 24.0. The lowest BCUT2D eigenvalue weighted by Gasteiger charge is -2.18. The Hall–Kier alpha value is -1.61. The summed E-state index contributed by atoms with van der Waals surface area (Å²) in [6, 6.07) is 21.1. The maximum Gasteiger partial charge on any atom is 0.0287 e. The normalized spacial score (nSPS) is 11.9. The van der Waals surface area contributed by atoms with Crippen molar-refractivity contribution in [3.8, 4) is 22.3 Å². The summed E-state index contributed by atoms with van der Waals surface area (Å²) in [4.78, 5) is 0. The molecule has 164 valence electrons. The number of hydrogen-bond acceptors (Lipinski definition) is 0. The summed E-state index contributed by atoms with van der Waals surface area (Å²) < 4.78 is 1.34. The van der Waals surface area contributed by atoms with Crippen LogP contribution < -0.4 is 0 Å². The van der Waals surface area contributed by atoms with E-state index in [1.165, 1.54) is 48.1 Å². The summed E-state index contributed by atoms with van der Waals surface area (Å²) in [5.74, 6) is 2.09. The Balaban J connectivity index is 2.20. The van der Waals surface area contributed by atoms with Gasteiger partial charge in [0, 0.05) is 3.57 Å². The largest absolute Gasteiger partial charge is 0.0610 e. The highest BCUT2D eigenvalue weighted by Gasteiger charge is 2.15. The van der Waals surface area contributed by atoms with Crippen LogP contribution in [0.5, 0.6) is 0 Å². The van der Waals surface area contributed by atoms with Crippen molar-refractivity contribution in [2.75, 3.05) is 0 Å². The van der Waals surface area contributed by atoms with Crippen molar-refractivity contribution >= 4 is 22.6 Å². The SMILES string of the molecule is CC(C)c1cc(-c2cccc(-c3cc(C(C)C)cc(C(C)C)c3)c2I)cc(C(C)C)c1. The first-order valence-corrected chi connectivity index (χ1v) is 12.7. The highest BCUT2D eigenvalue weighted by atomic mass is 127. The molecular weight excluding hydrogens is 487 g/mol. The van der Waals surface area contributed by atoms with E-state index in [4.69, 9.17) is 0 Å². The Kier molecular flexibility index (Phi) is 7.68. The summed E-state index contributed by atoms with van der Waals surface area (Å²) in [7, 11) is 0. The molecule has 3 aromatic carbocycles. The monoisotopic (exact) mass is 524 g/mol. The minimum atomic E-state index is 0.523. The summed E-state index contributed by atoms with van der Waals surface area (Å²) in [6.07, 6.45) is 0. The van der Waals surface area contributed by atoms with E-state index in [0.717, 1.165) is 0 Å². The van der Waals surface area contributed by atoms with Crippen LogP contribution >= 0.6 is 22.6 Å². The third-order valence-electron chi connectivity index (χ3n) is 6.24. The molecule has 3 aromatic rings. The molecule has 0 bridgehead atoms. The molecule has 0 atom stereocenters. The van der Waals surface area contributed by atoms with Crippen LogP contribution in [-0.2, 0) is 0 Å². The molecule has 3 rings (SSSR count). The third kappa shape index (κ3) is 5.42. The van der Waals surface area contributed by atoms with Crippen LogP contribution in [-0.4, -0.2) is 0 Å². The van der Waals surface area contributed by atoms with Crippen molar-refractivity contribution in [3.63, 3.8) is 0 Å². The van der Waals surface area contributed by atoms with Gasteiger partial charge < -0.3 is 0 Å². The Morgan fingerprint density at radius 1 is 0.484 bits per heavy atom. The molecule has 0 saturated carbocycles. The molecule has 0 fully saturated rings. The lowest BCUT2D eigenvalue weighted by atomic mass is 9.88. The van der Waals surface area contributed by atoms with E-state index in [-0.39, 0.29) is 0 Å². The van der Waals surface area contributed by atoms with Gasteiger partial charge in [0.25, 0.3) is 0 Å². The molecule has 0 aliphatic heterocycles. The zero-order valence-corrected chi connectivity index (χ0v) is 22.5. The van der Waals surface area contributed by atoms with E-state index in [0.29, 0.717) is 23.7 Å². The van der Waals surface area contributed by atoms with Gasteiger partial charge in [-0.1, -0.05) is 110 Å². The molecular formula is C30H37I. The van der Waals surface area contributed by atoms with Crippen molar-refractivity contribution in [1.82, 2.24) is 0 Å². The zero-order chi connectivity index (χ0) is 22.9. The van der Waals surface area contributed by atoms with Gasteiger partial charge in [0.15, 0.2) is 0 Å². The first-order valence-electron chi connectivity index (χ1n) is 11.7. The molecule has 31 heavy (non-hydrogen) atoms. The van der Waals surface area contributed by atoms with E-state index in [2.05, 4.69) is 133 Å². The summed E-state index contributed by atoms with van der Waals surface area (Å²) in [5, 5.41) is 0. The Bertz CT molecular complexity index is 920. The van der Waals surface area contributed by atoms with Crippen molar-refractivity contribution in [2.24, 2.45) is 0 Å². The Morgan fingerprint density at radius 3 is 1.03 bits per heavy atom. The van der Waals surface area contributed by atoms with Crippen molar-refractivity contribution in [3.05, 3.63) is 80.4 Å². The standard InChI is InChI=1S/C30H37I/c1-18(2)22-12-23(19(3)4)15-26(14-22)28-10-9-11-29(30(28)31)27-16-24(20(5)6)13-25(17-27)21(7)8/h9-21H,1-8H3. The molecule has 0 heterocycles. The van der Waals surface area contributed by atoms with Gasteiger partial charge in [-0.25, -0.2) is 0 Å². The number of benzene rings is 3. The van der Waals surface area contributed by atoms with Gasteiger partial charge in [0.2, 0.25) is 0 Å². The number of rotatable bonds is 6. The molecule has 0 spiro atoms. The van der Waals surface area contributed by atoms with E-state index in [9.17, 15) is 0 Å². The molecule has 0 unspecified atom stereocenters. The number of halogens is 1. The van der Waals surface area contributed by atoms with Crippen LogP contribution in [0.15, 0.2) is 54.6 Å². The van der Waals surface area contributed by atoms with Crippen molar-refractivity contribution in [1.29, 1.82) is 0 Å². The van der Waals surface area contributed by atoms with Crippen molar-refractivity contribution in [2.45, 2.75) is 79.1 Å². The lowest BCUT2D eigenvalue weighted by molar-refractivity contribution is 0.834. The molecule has 1 heteroatoms.